The van der Waals surface area contributed by atoms with Gasteiger partial charge in [0.25, 0.3) is 0 Å². The highest BCUT2D eigenvalue weighted by atomic mass is 19.4. The van der Waals surface area contributed by atoms with Crippen LogP contribution in [0.1, 0.15) is 13.3 Å². The monoisotopic (exact) mass is 402 g/mol. The van der Waals surface area contributed by atoms with E-state index in [0.29, 0.717) is 45.3 Å². The first kappa shape index (κ1) is 22.1. The Morgan fingerprint density at radius 1 is 1.21 bits per heavy atom. The van der Waals surface area contributed by atoms with Gasteiger partial charge in [0, 0.05) is 19.6 Å². The highest BCUT2D eigenvalue weighted by molar-refractivity contribution is 5.79. The second-order valence-corrected chi connectivity index (χ2v) is 6.68. The maximum Gasteiger partial charge on any atom is 0.401 e. The number of guanidine groups is 1. The molecule has 0 aliphatic carbocycles. The van der Waals surface area contributed by atoms with Gasteiger partial charge >= 0.3 is 6.18 Å². The lowest BCUT2D eigenvalue weighted by Crippen LogP contribution is -2.39. The van der Waals surface area contributed by atoms with E-state index >= 15 is 0 Å². The molecule has 0 saturated carbocycles. The number of hydrogen-bond acceptors (Lipinski definition) is 4. The van der Waals surface area contributed by atoms with E-state index in [1.54, 1.807) is 7.11 Å². The normalized spacial score (nSPS) is 18.2. The van der Waals surface area contributed by atoms with Crippen LogP contribution in [-0.4, -0.2) is 70.0 Å². The average molecular weight is 402 g/mol. The first-order valence-electron chi connectivity index (χ1n) is 9.47. The van der Waals surface area contributed by atoms with E-state index in [4.69, 9.17) is 9.47 Å². The van der Waals surface area contributed by atoms with E-state index in [1.807, 2.05) is 31.2 Å². The zero-order valence-corrected chi connectivity index (χ0v) is 16.4. The summed E-state index contributed by atoms with van der Waals surface area (Å²) >= 11 is 0. The minimum Gasteiger partial charge on any atom is -0.497 e. The van der Waals surface area contributed by atoms with Gasteiger partial charge in [-0.2, -0.15) is 13.2 Å². The first-order chi connectivity index (χ1) is 13.4. The summed E-state index contributed by atoms with van der Waals surface area (Å²) < 4.78 is 48.2. The maximum absolute atomic E-state index is 12.5. The van der Waals surface area contributed by atoms with Crippen LogP contribution in [0.15, 0.2) is 29.3 Å². The molecule has 2 N–H and O–H groups in total. The number of likely N-dealkylation sites (tertiary alicyclic amines) is 1. The standard InChI is InChI=1S/C19H29F3N4O2/c1-3-23-18(24-9-11-28-17-6-4-16(27-2)5-7-17)25-12-15-8-10-26(13-15)14-19(20,21)22/h4-7,15H,3,8-14H2,1-2H3,(H2,23,24,25). The molecule has 0 spiro atoms. The number of rotatable bonds is 9. The number of nitrogens with zero attached hydrogens (tertiary/aromatic N) is 2. The van der Waals surface area contributed by atoms with Crippen LogP contribution in [0.5, 0.6) is 11.5 Å². The number of alkyl halides is 3. The van der Waals surface area contributed by atoms with Crippen molar-refractivity contribution < 1.29 is 22.6 Å². The molecule has 1 heterocycles. The summed E-state index contributed by atoms with van der Waals surface area (Å²) in [5.74, 6) is 2.32. The van der Waals surface area contributed by atoms with Crippen molar-refractivity contribution in [2.24, 2.45) is 10.9 Å². The lowest BCUT2D eigenvalue weighted by molar-refractivity contribution is -0.143. The molecule has 1 unspecified atom stereocenters. The number of benzene rings is 1. The summed E-state index contributed by atoms with van der Waals surface area (Å²) in [7, 11) is 1.61. The van der Waals surface area contributed by atoms with Crippen LogP contribution in [0.4, 0.5) is 13.2 Å². The number of aliphatic imine (C=N–C) groups is 1. The van der Waals surface area contributed by atoms with Gasteiger partial charge in [-0.05, 0) is 50.1 Å². The lowest BCUT2D eigenvalue weighted by Gasteiger charge is -2.17. The van der Waals surface area contributed by atoms with Gasteiger partial charge in [0.05, 0.1) is 20.2 Å². The fraction of sp³-hybridized carbons (Fsp3) is 0.632. The molecule has 1 fully saturated rings. The van der Waals surface area contributed by atoms with Gasteiger partial charge in [-0.1, -0.05) is 0 Å². The Hall–Kier alpha value is -2.16. The minimum absolute atomic E-state index is 0.147. The van der Waals surface area contributed by atoms with Crippen molar-refractivity contribution in [2.75, 3.05) is 53.0 Å². The third-order valence-corrected chi connectivity index (χ3v) is 4.35. The average Bonchev–Trinajstić information content (AvgIpc) is 3.09. The molecule has 9 heteroatoms. The number of halogens is 3. The Labute approximate surface area is 164 Å². The summed E-state index contributed by atoms with van der Waals surface area (Å²) in [6.07, 6.45) is -3.40. The summed E-state index contributed by atoms with van der Waals surface area (Å²) in [6, 6.07) is 7.34. The van der Waals surface area contributed by atoms with Crippen LogP contribution in [0.25, 0.3) is 0 Å². The molecule has 0 amide bonds. The van der Waals surface area contributed by atoms with Crippen LogP contribution < -0.4 is 20.1 Å². The van der Waals surface area contributed by atoms with E-state index < -0.39 is 12.7 Å². The van der Waals surface area contributed by atoms with Gasteiger partial charge in [-0.3, -0.25) is 9.89 Å². The van der Waals surface area contributed by atoms with Crippen molar-refractivity contribution in [1.29, 1.82) is 0 Å². The number of nitrogens with one attached hydrogen (secondary N) is 2. The molecule has 1 aromatic carbocycles. The van der Waals surface area contributed by atoms with Crippen molar-refractivity contribution >= 4 is 5.96 Å². The lowest BCUT2D eigenvalue weighted by atomic mass is 10.1. The Bertz CT molecular complexity index is 608. The Kier molecular flexibility index (Phi) is 8.69. The molecule has 28 heavy (non-hydrogen) atoms. The van der Waals surface area contributed by atoms with E-state index in [0.717, 1.165) is 17.9 Å². The second kappa shape index (κ2) is 11.0. The van der Waals surface area contributed by atoms with Crippen molar-refractivity contribution in [2.45, 2.75) is 19.5 Å². The highest BCUT2D eigenvalue weighted by Gasteiger charge is 2.34. The van der Waals surface area contributed by atoms with Crippen LogP contribution >= 0.6 is 0 Å². The van der Waals surface area contributed by atoms with E-state index in [1.165, 1.54) is 4.90 Å². The minimum atomic E-state index is -4.14. The van der Waals surface area contributed by atoms with Gasteiger partial charge in [-0.25, -0.2) is 0 Å². The van der Waals surface area contributed by atoms with Crippen LogP contribution in [-0.2, 0) is 0 Å². The van der Waals surface area contributed by atoms with E-state index in [9.17, 15) is 13.2 Å². The fourth-order valence-electron chi connectivity index (χ4n) is 3.03. The zero-order chi connectivity index (χ0) is 20.4. The largest absolute Gasteiger partial charge is 0.497 e. The fourth-order valence-corrected chi connectivity index (χ4v) is 3.03. The molecule has 1 atom stereocenters. The molecular formula is C19H29F3N4O2. The topological polar surface area (TPSA) is 58.1 Å². The molecule has 1 saturated heterocycles. The summed E-state index contributed by atoms with van der Waals surface area (Å²) in [5, 5.41) is 6.33. The van der Waals surface area contributed by atoms with Gasteiger partial charge in [0.1, 0.15) is 18.1 Å². The molecule has 1 aliphatic rings. The molecule has 1 aliphatic heterocycles. The summed E-state index contributed by atoms with van der Waals surface area (Å²) in [5.41, 5.74) is 0. The summed E-state index contributed by atoms with van der Waals surface area (Å²) in [6.45, 7) is 4.25. The molecule has 2 rings (SSSR count). The van der Waals surface area contributed by atoms with Crippen molar-refractivity contribution in [1.82, 2.24) is 15.5 Å². The number of ether oxygens (including phenoxy) is 2. The molecule has 1 aromatic rings. The Balaban J connectivity index is 1.71. The predicted molar refractivity (Wildman–Crippen MR) is 103 cm³/mol. The zero-order valence-electron chi connectivity index (χ0n) is 16.4. The van der Waals surface area contributed by atoms with Crippen LogP contribution in [0.3, 0.4) is 0 Å². The quantitative estimate of drug-likeness (QED) is 0.378. The van der Waals surface area contributed by atoms with Crippen molar-refractivity contribution in [3.63, 3.8) is 0 Å². The third-order valence-electron chi connectivity index (χ3n) is 4.35. The first-order valence-corrected chi connectivity index (χ1v) is 9.47. The third kappa shape index (κ3) is 8.24. The van der Waals surface area contributed by atoms with Gasteiger partial charge in [-0.15, -0.1) is 0 Å². The number of hydrogen-bond donors (Lipinski definition) is 2. The van der Waals surface area contributed by atoms with Crippen LogP contribution in [0, 0.1) is 5.92 Å². The van der Waals surface area contributed by atoms with Crippen LogP contribution in [0.2, 0.25) is 0 Å². The molecule has 0 radical (unpaired) electrons. The van der Waals surface area contributed by atoms with E-state index in [-0.39, 0.29) is 5.92 Å². The Morgan fingerprint density at radius 3 is 2.57 bits per heavy atom. The molecular weight excluding hydrogens is 373 g/mol. The molecule has 0 aromatic heterocycles. The van der Waals surface area contributed by atoms with Gasteiger partial charge < -0.3 is 20.1 Å². The second-order valence-electron chi connectivity index (χ2n) is 6.68. The Morgan fingerprint density at radius 2 is 1.93 bits per heavy atom. The van der Waals surface area contributed by atoms with E-state index in [2.05, 4.69) is 15.6 Å². The number of methoxy groups -OCH3 is 1. The highest BCUT2D eigenvalue weighted by Crippen LogP contribution is 2.22. The molecule has 6 nitrogen and oxygen atoms in total. The van der Waals surface area contributed by atoms with Crippen molar-refractivity contribution in [3.8, 4) is 11.5 Å². The van der Waals surface area contributed by atoms with Crippen molar-refractivity contribution in [3.05, 3.63) is 24.3 Å². The van der Waals surface area contributed by atoms with Gasteiger partial charge in [0.15, 0.2) is 5.96 Å². The van der Waals surface area contributed by atoms with Gasteiger partial charge in [0.2, 0.25) is 0 Å². The SMILES string of the molecule is CCNC(=NCC1CCN(CC(F)(F)F)C1)NCCOc1ccc(OC)cc1. The summed E-state index contributed by atoms with van der Waals surface area (Å²) in [4.78, 5) is 5.96. The smallest absolute Gasteiger partial charge is 0.401 e. The predicted octanol–water partition coefficient (Wildman–Crippen LogP) is 2.51. The maximum atomic E-state index is 12.5. The molecule has 158 valence electrons. The molecule has 0 bridgehead atoms.